The van der Waals surface area contributed by atoms with E-state index in [1.807, 2.05) is 0 Å². The Balaban J connectivity index is 1.38. The molecule has 210 valence electrons. The SMILES string of the molecule is CC(C)(C)N1[C]N(CCc2cc(CCN3[C]N(C(C)(C)C)C=C3)cc(CCN3[C]N(C(C)(C)C)C=C3)c2)C=C1. The van der Waals surface area contributed by atoms with E-state index in [-0.39, 0.29) is 16.6 Å². The molecule has 3 aliphatic rings. The van der Waals surface area contributed by atoms with Gasteiger partial charge in [0.05, 0.1) is 0 Å². The van der Waals surface area contributed by atoms with Crippen LogP contribution in [0.5, 0.6) is 0 Å². The van der Waals surface area contributed by atoms with Crippen molar-refractivity contribution >= 4 is 0 Å². The van der Waals surface area contributed by atoms with Gasteiger partial charge in [-0.25, -0.2) is 0 Å². The highest BCUT2D eigenvalue weighted by Crippen LogP contribution is 2.26. The van der Waals surface area contributed by atoms with Crippen molar-refractivity contribution < 1.29 is 0 Å². The minimum absolute atomic E-state index is 0.0413. The molecule has 6 nitrogen and oxygen atoms in total. The molecule has 1 aromatic carbocycles. The van der Waals surface area contributed by atoms with Crippen LogP contribution in [0.25, 0.3) is 0 Å². The standard InChI is InChI=1S/C33H48N6/c1-31(2,3)37-19-16-34(25-37)13-10-28-22-29(11-14-35-17-20-38(26-35)32(4,5)6)24-30(23-28)12-15-36-18-21-39(27-36)33(7,8)9/h16-24H,10-15H2,1-9H3. The number of rotatable bonds is 9. The third kappa shape index (κ3) is 8.12. The molecule has 0 saturated carbocycles. The molecule has 0 bridgehead atoms. The third-order valence-corrected chi connectivity index (χ3v) is 7.10. The Morgan fingerprint density at radius 1 is 0.436 bits per heavy atom. The number of nitrogens with zero attached hydrogens (tertiary/aromatic N) is 6. The van der Waals surface area contributed by atoms with E-state index in [4.69, 9.17) is 0 Å². The highest BCUT2D eigenvalue weighted by Gasteiger charge is 2.27. The summed E-state index contributed by atoms with van der Waals surface area (Å²) in [6.07, 6.45) is 15.7. The summed E-state index contributed by atoms with van der Waals surface area (Å²) in [7, 11) is 0. The van der Waals surface area contributed by atoms with E-state index in [0.717, 1.165) is 38.9 Å². The van der Waals surface area contributed by atoms with E-state index in [0.29, 0.717) is 0 Å². The van der Waals surface area contributed by atoms with E-state index in [1.165, 1.54) is 16.7 Å². The Kier molecular flexibility index (Phi) is 8.53. The van der Waals surface area contributed by atoms with Gasteiger partial charge in [0.25, 0.3) is 0 Å². The molecule has 0 aromatic heterocycles. The van der Waals surface area contributed by atoms with Gasteiger partial charge in [-0.15, -0.1) is 0 Å². The van der Waals surface area contributed by atoms with Crippen LogP contribution in [0, 0.1) is 20.0 Å². The van der Waals surface area contributed by atoms with E-state index < -0.39 is 0 Å². The zero-order valence-corrected chi connectivity index (χ0v) is 25.6. The van der Waals surface area contributed by atoms with Crippen LogP contribution in [-0.2, 0) is 19.3 Å². The molecule has 6 radical (unpaired) electrons. The van der Waals surface area contributed by atoms with E-state index >= 15 is 0 Å². The molecule has 0 fully saturated rings. The highest BCUT2D eigenvalue weighted by atomic mass is 15.4. The molecular weight excluding hydrogens is 480 g/mol. The van der Waals surface area contributed by atoms with Gasteiger partial charge < -0.3 is 29.4 Å². The minimum Gasteiger partial charge on any atom is -0.346 e. The normalized spacial score (nSPS) is 18.1. The average Bonchev–Trinajstić information content (AvgIpc) is 3.59. The van der Waals surface area contributed by atoms with Crippen LogP contribution in [0.3, 0.4) is 0 Å². The van der Waals surface area contributed by atoms with Crippen LogP contribution >= 0.6 is 0 Å². The highest BCUT2D eigenvalue weighted by molar-refractivity contribution is 5.31. The first-order valence-corrected chi connectivity index (χ1v) is 14.3. The van der Waals surface area contributed by atoms with Gasteiger partial charge in [0.15, 0.2) is 0 Å². The van der Waals surface area contributed by atoms with Crippen LogP contribution in [-0.4, -0.2) is 65.7 Å². The van der Waals surface area contributed by atoms with Gasteiger partial charge in [-0.1, -0.05) is 18.2 Å². The number of hydrogen-bond donors (Lipinski definition) is 0. The number of hydrogen-bond acceptors (Lipinski definition) is 6. The van der Waals surface area contributed by atoms with Crippen molar-refractivity contribution in [2.24, 2.45) is 0 Å². The van der Waals surface area contributed by atoms with Crippen molar-refractivity contribution in [1.82, 2.24) is 29.4 Å². The van der Waals surface area contributed by atoms with Gasteiger partial charge in [0, 0.05) is 73.5 Å². The summed E-state index contributed by atoms with van der Waals surface area (Å²) in [6.45, 7) is 33.1. The molecule has 0 saturated heterocycles. The first-order valence-electron chi connectivity index (χ1n) is 14.3. The Bertz CT molecular complexity index is 906. The zero-order chi connectivity index (χ0) is 28.4. The lowest BCUT2D eigenvalue weighted by Gasteiger charge is -2.31. The molecule has 3 heterocycles. The molecular formula is C33H48N6. The third-order valence-electron chi connectivity index (χ3n) is 7.10. The molecule has 0 unspecified atom stereocenters. The molecule has 0 aliphatic carbocycles. The fourth-order valence-electron chi connectivity index (χ4n) is 4.57. The molecule has 3 aliphatic heterocycles. The molecule has 4 rings (SSSR count). The summed E-state index contributed by atoms with van der Waals surface area (Å²) in [6, 6.07) is 7.17. The van der Waals surface area contributed by atoms with E-state index in [2.05, 4.69) is 167 Å². The lowest BCUT2D eigenvalue weighted by molar-refractivity contribution is 0.217. The summed E-state index contributed by atoms with van der Waals surface area (Å²) >= 11 is 0. The van der Waals surface area contributed by atoms with Gasteiger partial charge in [-0.2, -0.15) is 0 Å². The fourth-order valence-corrected chi connectivity index (χ4v) is 4.57. The van der Waals surface area contributed by atoms with Crippen molar-refractivity contribution in [3.8, 4) is 0 Å². The largest absolute Gasteiger partial charge is 0.346 e. The molecule has 6 heteroatoms. The summed E-state index contributed by atoms with van der Waals surface area (Å²) < 4.78 is 0. The minimum atomic E-state index is 0.0413. The first-order chi connectivity index (χ1) is 18.2. The molecule has 0 spiro atoms. The molecule has 0 N–H and O–H groups in total. The summed E-state index contributed by atoms with van der Waals surface area (Å²) in [5.74, 6) is 0. The van der Waals surface area contributed by atoms with Crippen LogP contribution < -0.4 is 0 Å². The van der Waals surface area contributed by atoms with Crippen molar-refractivity contribution in [2.45, 2.75) is 98.2 Å². The zero-order valence-electron chi connectivity index (χ0n) is 25.6. The molecule has 39 heavy (non-hydrogen) atoms. The van der Waals surface area contributed by atoms with Crippen LogP contribution in [0.15, 0.2) is 55.4 Å². The van der Waals surface area contributed by atoms with Gasteiger partial charge in [0.2, 0.25) is 20.0 Å². The maximum Gasteiger partial charge on any atom is 0.208 e. The second-order valence-electron chi connectivity index (χ2n) is 13.8. The summed E-state index contributed by atoms with van der Waals surface area (Å²) in [5.41, 5.74) is 4.27. The first kappa shape index (κ1) is 29.2. The molecule has 1 aromatic rings. The topological polar surface area (TPSA) is 19.4 Å². The second-order valence-corrected chi connectivity index (χ2v) is 13.8. The Morgan fingerprint density at radius 3 is 0.897 bits per heavy atom. The predicted octanol–water partition coefficient (Wildman–Crippen LogP) is 5.96. The van der Waals surface area contributed by atoms with Crippen molar-refractivity contribution in [3.63, 3.8) is 0 Å². The van der Waals surface area contributed by atoms with Gasteiger partial charge in [-0.3, -0.25) is 0 Å². The van der Waals surface area contributed by atoms with Gasteiger partial charge in [0.1, 0.15) is 0 Å². The van der Waals surface area contributed by atoms with E-state index in [9.17, 15) is 0 Å². The van der Waals surface area contributed by atoms with Crippen LogP contribution in [0.4, 0.5) is 0 Å². The summed E-state index contributed by atoms with van der Waals surface area (Å²) in [4.78, 5) is 13.0. The molecule has 0 amide bonds. The van der Waals surface area contributed by atoms with Crippen LogP contribution in [0.1, 0.15) is 79.0 Å². The lowest BCUT2D eigenvalue weighted by Crippen LogP contribution is -2.36. The average molecular weight is 529 g/mol. The van der Waals surface area contributed by atoms with Crippen molar-refractivity contribution in [3.05, 3.63) is 92.1 Å². The van der Waals surface area contributed by atoms with Gasteiger partial charge >= 0.3 is 0 Å². The van der Waals surface area contributed by atoms with E-state index in [1.54, 1.807) is 0 Å². The maximum absolute atomic E-state index is 3.49. The number of benzene rings is 1. The smallest absolute Gasteiger partial charge is 0.208 e. The fraction of sp³-hybridized carbons (Fsp3) is 0.545. The lowest BCUT2D eigenvalue weighted by atomic mass is 9.99. The molecule has 0 atom stereocenters. The van der Waals surface area contributed by atoms with Crippen LogP contribution in [0.2, 0.25) is 0 Å². The Hall–Kier alpha value is -2.76. The second kappa shape index (κ2) is 11.4. The quantitative estimate of drug-likeness (QED) is 0.391. The van der Waals surface area contributed by atoms with Crippen molar-refractivity contribution in [1.29, 1.82) is 0 Å². The van der Waals surface area contributed by atoms with Crippen molar-refractivity contribution in [2.75, 3.05) is 19.6 Å². The monoisotopic (exact) mass is 528 g/mol. The van der Waals surface area contributed by atoms with Gasteiger partial charge in [-0.05, 0) is 98.3 Å². The Labute approximate surface area is 239 Å². The summed E-state index contributed by atoms with van der Waals surface area (Å²) in [5, 5.41) is 0. The predicted molar refractivity (Wildman–Crippen MR) is 160 cm³/mol. The Morgan fingerprint density at radius 2 is 0.692 bits per heavy atom. The maximum atomic E-state index is 3.49.